The maximum absolute atomic E-state index is 9.17. The molecule has 84 valence electrons. The average molecular weight is 219 g/mol. The minimum Gasteiger partial charge on any atom is -0.423 e. The summed E-state index contributed by atoms with van der Waals surface area (Å²) in [5.74, 6) is 0. The van der Waals surface area contributed by atoms with E-state index in [1.807, 2.05) is 12.1 Å². The van der Waals surface area contributed by atoms with E-state index in [0.717, 1.165) is 12.8 Å². The van der Waals surface area contributed by atoms with Crippen molar-refractivity contribution in [1.82, 2.24) is 4.98 Å². The summed E-state index contributed by atoms with van der Waals surface area (Å²) < 4.78 is 5.51. The number of rotatable bonds is 2. The number of nitrogens with one attached hydrogen (secondary N) is 1. The second-order valence-electron chi connectivity index (χ2n) is 4.18. The monoisotopic (exact) mass is 219 g/mol. The molecule has 2 aromatic rings. The summed E-state index contributed by atoms with van der Waals surface area (Å²) in [6.07, 6.45) is 1.30. The molecule has 0 unspecified atom stereocenters. The standard InChI is InChI=1S/C11H13N3O2/c12-8-2-1-3-9-10(8)14-11(16-9)13-6-4-7(15)5-6/h1-3,6-7,15H,4-5,12H2,(H,13,14). The van der Waals surface area contributed by atoms with Gasteiger partial charge in [-0.2, -0.15) is 4.98 Å². The fourth-order valence-electron chi connectivity index (χ4n) is 1.91. The highest BCUT2D eigenvalue weighted by Crippen LogP contribution is 2.27. The van der Waals surface area contributed by atoms with Gasteiger partial charge in [0, 0.05) is 6.04 Å². The molecule has 16 heavy (non-hydrogen) atoms. The number of anilines is 2. The van der Waals surface area contributed by atoms with Gasteiger partial charge in [0.05, 0.1) is 11.8 Å². The molecule has 0 radical (unpaired) electrons. The van der Waals surface area contributed by atoms with Crippen LogP contribution in [0.4, 0.5) is 11.7 Å². The second-order valence-corrected chi connectivity index (χ2v) is 4.18. The molecule has 0 saturated heterocycles. The van der Waals surface area contributed by atoms with Crippen molar-refractivity contribution >= 4 is 22.8 Å². The normalized spacial score (nSPS) is 24.3. The number of oxazole rings is 1. The zero-order valence-electron chi connectivity index (χ0n) is 8.68. The number of hydrogen-bond donors (Lipinski definition) is 3. The van der Waals surface area contributed by atoms with Crippen LogP contribution in [0.15, 0.2) is 22.6 Å². The minimum absolute atomic E-state index is 0.188. The van der Waals surface area contributed by atoms with Crippen LogP contribution in [0.5, 0.6) is 0 Å². The van der Waals surface area contributed by atoms with Gasteiger partial charge in [-0.05, 0) is 25.0 Å². The fourth-order valence-corrected chi connectivity index (χ4v) is 1.91. The van der Waals surface area contributed by atoms with Gasteiger partial charge >= 0.3 is 0 Å². The maximum Gasteiger partial charge on any atom is 0.295 e. The summed E-state index contributed by atoms with van der Waals surface area (Å²) in [4.78, 5) is 4.27. The van der Waals surface area contributed by atoms with Gasteiger partial charge in [0.1, 0.15) is 5.52 Å². The van der Waals surface area contributed by atoms with E-state index in [1.54, 1.807) is 6.07 Å². The number of nitrogens with two attached hydrogens (primary N) is 1. The highest BCUT2D eigenvalue weighted by Gasteiger charge is 2.28. The highest BCUT2D eigenvalue weighted by molar-refractivity contribution is 5.86. The lowest BCUT2D eigenvalue weighted by molar-refractivity contribution is 0.0829. The SMILES string of the molecule is Nc1cccc2oc(NC3CC(O)C3)nc12. The van der Waals surface area contributed by atoms with Crippen molar-refractivity contribution in [2.24, 2.45) is 0 Å². The number of fused-ring (bicyclic) bond motifs is 1. The van der Waals surface area contributed by atoms with Gasteiger partial charge in [-0.1, -0.05) is 6.07 Å². The topological polar surface area (TPSA) is 84.3 Å². The molecular weight excluding hydrogens is 206 g/mol. The van der Waals surface area contributed by atoms with Gasteiger partial charge < -0.3 is 20.6 Å². The molecule has 4 N–H and O–H groups in total. The third-order valence-electron chi connectivity index (χ3n) is 2.89. The van der Waals surface area contributed by atoms with E-state index in [1.165, 1.54) is 0 Å². The number of aromatic nitrogens is 1. The summed E-state index contributed by atoms with van der Waals surface area (Å²) in [7, 11) is 0. The van der Waals surface area contributed by atoms with Crippen LogP contribution in [0.25, 0.3) is 11.1 Å². The maximum atomic E-state index is 9.17. The summed E-state index contributed by atoms with van der Waals surface area (Å²) in [5, 5.41) is 12.3. The first-order chi connectivity index (χ1) is 7.72. The van der Waals surface area contributed by atoms with Gasteiger partial charge in [0.15, 0.2) is 5.58 Å². The molecule has 1 fully saturated rings. The molecule has 1 aromatic carbocycles. The van der Waals surface area contributed by atoms with E-state index in [9.17, 15) is 0 Å². The lowest BCUT2D eigenvalue weighted by Gasteiger charge is -2.31. The molecule has 5 heteroatoms. The summed E-state index contributed by atoms with van der Waals surface area (Å²) in [5.41, 5.74) is 7.76. The Morgan fingerprint density at radius 2 is 2.25 bits per heavy atom. The van der Waals surface area contributed by atoms with Crippen LogP contribution >= 0.6 is 0 Å². The first-order valence-corrected chi connectivity index (χ1v) is 5.32. The van der Waals surface area contributed by atoms with Crippen LogP contribution in [0.1, 0.15) is 12.8 Å². The van der Waals surface area contributed by atoms with Crippen molar-refractivity contribution in [2.75, 3.05) is 11.1 Å². The third kappa shape index (κ3) is 1.49. The zero-order valence-corrected chi connectivity index (χ0v) is 8.68. The second kappa shape index (κ2) is 3.38. The smallest absolute Gasteiger partial charge is 0.295 e. The van der Waals surface area contributed by atoms with Crippen molar-refractivity contribution in [3.63, 3.8) is 0 Å². The van der Waals surface area contributed by atoms with Crippen molar-refractivity contribution in [3.05, 3.63) is 18.2 Å². The van der Waals surface area contributed by atoms with E-state index in [2.05, 4.69) is 10.3 Å². The lowest BCUT2D eigenvalue weighted by Crippen LogP contribution is -2.39. The predicted octanol–water partition coefficient (Wildman–Crippen LogP) is 1.35. The Labute approximate surface area is 92.3 Å². The van der Waals surface area contributed by atoms with Crippen LogP contribution < -0.4 is 11.1 Å². The molecule has 0 spiro atoms. The zero-order chi connectivity index (χ0) is 11.1. The molecule has 3 rings (SSSR count). The molecule has 1 aromatic heterocycles. The van der Waals surface area contributed by atoms with Crippen LogP contribution in [-0.2, 0) is 0 Å². The van der Waals surface area contributed by atoms with Crippen LogP contribution in [-0.4, -0.2) is 22.2 Å². The lowest BCUT2D eigenvalue weighted by atomic mass is 9.90. The molecule has 5 nitrogen and oxygen atoms in total. The first-order valence-electron chi connectivity index (χ1n) is 5.32. The molecule has 0 amide bonds. The Kier molecular flexibility index (Phi) is 2.00. The number of nitrogens with zero attached hydrogens (tertiary/aromatic N) is 1. The van der Waals surface area contributed by atoms with Crippen molar-refractivity contribution in [1.29, 1.82) is 0 Å². The number of hydrogen-bond acceptors (Lipinski definition) is 5. The molecule has 0 aliphatic heterocycles. The van der Waals surface area contributed by atoms with Crippen molar-refractivity contribution in [3.8, 4) is 0 Å². The molecule has 1 aliphatic carbocycles. The number of aliphatic hydroxyl groups is 1. The predicted molar refractivity (Wildman–Crippen MR) is 61.1 cm³/mol. The Balaban J connectivity index is 1.85. The Bertz CT molecular complexity index is 517. The third-order valence-corrected chi connectivity index (χ3v) is 2.89. The van der Waals surface area contributed by atoms with Crippen molar-refractivity contribution < 1.29 is 9.52 Å². The van der Waals surface area contributed by atoms with Crippen LogP contribution in [0, 0.1) is 0 Å². The number of nitrogen functional groups attached to an aromatic ring is 1. The van der Waals surface area contributed by atoms with Crippen LogP contribution in [0.3, 0.4) is 0 Å². The highest BCUT2D eigenvalue weighted by atomic mass is 16.4. The van der Waals surface area contributed by atoms with Gasteiger partial charge in [-0.3, -0.25) is 0 Å². The largest absolute Gasteiger partial charge is 0.423 e. The summed E-state index contributed by atoms with van der Waals surface area (Å²) >= 11 is 0. The van der Waals surface area contributed by atoms with Gasteiger partial charge in [-0.25, -0.2) is 0 Å². The molecule has 1 heterocycles. The molecule has 0 bridgehead atoms. The first kappa shape index (κ1) is 9.47. The van der Waals surface area contributed by atoms with E-state index >= 15 is 0 Å². The minimum atomic E-state index is -0.188. The van der Waals surface area contributed by atoms with Gasteiger partial charge in [0.2, 0.25) is 0 Å². The molecule has 1 aliphatic rings. The summed E-state index contributed by atoms with van der Waals surface area (Å²) in [6, 6.07) is 6.19. The van der Waals surface area contributed by atoms with E-state index in [-0.39, 0.29) is 12.1 Å². The van der Waals surface area contributed by atoms with E-state index < -0.39 is 0 Å². The average Bonchev–Trinajstić information content (AvgIpc) is 2.60. The van der Waals surface area contributed by atoms with Crippen LogP contribution in [0.2, 0.25) is 0 Å². The number of para-hydroxylation sites is 1. The van der Waals surface area contributed by atoms with Gasteiger partial charge in [-0.15, -0.1) is 0 Å². The van der Waals surface area contributed by atoms with E-state index in [4.69, 9.17) is 15.3 Å². The Morgan fingerprint density at radius 1 is 1.44 bits per heavy atom. The summed E-state index contributed by atoms with van der Waals surface area (Å²) in [6.45, 7) is 0. The Hall–Kier alpha value is -1.75. The quantitative estimate of drug-likeness (QED) is 0.664. The number of aliphatic hydroxyl groups excluding tert-OH is 1. The molecule has 1 saturated carbocycles. The van der Waals surface area contributed by atoms with Gasteiger partial charge in [0.25, 0.3) is 6.01 Å². The number of benzene rings is 1. The van der Waals surface area contributed by atoms with Crippen molar-refractivity contribution in [2.45, 2.75) is 25.0 Å². The fraction of sp³-hybridized carbons (Fsp3) is 0.364. The molecular formula is C11H13N3O2. The van der Waals surface area contributed by atoms with E-state index in [0.29, 0.717) is 22.8 Å². The molecule has 0 atom stereocenters. The Morgan fingerprint density at radius 3 is 2.94 bits per heavy atom.